The van der Waals surface area contributed by atoms with Crippen LogP contribution in [-0.4, -0.2) is 38.8 Å². The lowest BCUT2D eigenvalue weighted by atomic mass is 9.90. The Morgan fingerprint density at radius 1 is 1.00 bits per heavy atom. The van der Waals surface area contributed by atoms with Crippen molar-refractivity contribution in [3.63, 3.8) is 0 Å². The van der Waals surface area contributed by atoms with Gasteiger partial charge in [0.2, 0.25) is 5.75 Å². The first kappa shape index (κ1) is 20.2. The monoisotopic (exact) mass is 373 g/mol. The Morgan fingerprint density at radius 3 is 2.07 bits per heavy atom. The van der Waals surface area contributed by atoms with Gasteiger partial charge in [-0.1, -0.05) is 19.0 Å². The minimum Gasteiger partial charge on any atom is -0.493 e. The predicted octanol–water partition coefficient (Wildman–Crippen LogP) is 3.34. The maximum Gasteiger partial charge on any atom is 0.366 e. The van der Waals surface area contributed by atoms with Crippen molar-refractivity contribution in [2.24, 2.45) is 11.1 Å². The third-order valence-corrected chi connectivity index (χ3v) is 4.08. The highest BCUT2D eigenvalue weighted by Crippen LogP contribution is 2.38. The third-order valence-electron chi connectivity index (χ3n) is 4.08. The maximum atomic E-state index is 12.4. The molecule has 7 heteroatoms. The SMILES string of the molecule is COc1cc(C(=O)ON=C2C=C(C(C)C)C(=O)C=C2C)cc(OC)c1OC. The van der Waals surface area contributed by atoms with Gasteiger partial charge in [-0.25, -0.2) is 4.79 Å². The number of carbonyl (C=O) groups excluding carboxylic acids is 2. The van der Waals surface area contributed by atoms with Crippen molar-refractivity contribution in [2.75, 3.05) is 21.3 Å². The summed E-state index contributed by atoms with van der Waals surface area (Å²) in [4.78, 5) is 29.5. The average Bonchev–Trinajstić information content (AvgIpc) is 2.65. The van der Waals surface area contributed by atoms with Gasteiger partial charge in [0.15, 0.2) is 17.3 Å². The summed E-state index contributed by atoms with van der Waals surface area (Å²) in [6, 6.07) is 2.96. The van der Waals surface area contributed by atoms with Gasteiger partial charge in [-0.2, -0.15) is 0 Å². The first-order valence-electron chi connectivity index (χ1n) is 8.36. The lowest BCUT2D eigenvalue weighted by Gasteiger charge is -2.15. The second-order valence-corrected chi connectivity index (χ2v) is 6.22. The van der Waals surface area contributed by atoms with Crippen LogP contribution >= 0.6 is 0 Å². The molecule has 0 aromatic heterocycles. The molecule has 0 atom stereocenters. The number of allylic oxidation sites excluding steroid dienone is 4. The van der Waals surface area contributed by atoms with E-state index in [1.54, 1.807) is 13.0 Å². The number of benzene rings is 1. The van der Waals surface area contributed by atoms with Crippen LogP contribution in [0.25, 0.3) is 0 Å². The van der Waals surface area contributed by atoms with Crippen LogP contribution in [0.2, 0.25) is 0 Å². The smallest absolute Gasteiger partial charge is 0.366 e. The van der Waals surface area contributed by atoms with Gasteiger partial charge in [-0.15, -0.1) is 0 Å². The van der Waals surface area contributed by atoms with Crippen LogP contribution in [0.5, 0.6) is 17.2 Å². The molecular weight excluding hydrogens is 350 g/mol. The number of hydrogen-bond acceptors (Lipinski definition) is 7. The van der Waals surface area contributed by atoms with Crippen LogP contribution in [0.3, 0.4) is 0 Å². The Bertz CT molecular complexity index is 823. The molecule has 0 saturated heterocycles. The van der Waals surface area contributed by atoms with E-state index >= 15 is 0 Å². The minimum absolute atomic E-state index is 0.0397. The lowest BCUT2D eigenvalue weighted by molar-refractivity contribution is -0.111. The summed E-state index contributed by atoms with van der Waals surface area (Å²) in [7, 11) is 4.39. The number of hydrogen-bond donors (Lipinski definition) is 0. The second kappa shape index (κ2) is 8.53. The van der Waals surface area contributed by atoms with E-state index in [1.165, 1.54) is 39.5 Å². The molecule has 1 aromatic rings. The van der Waals surface area contributed by atoms with Crippen LogP contribution in [0.1, 0.15) is 31.1 Å². The zero-order valence-corrected chi connectivity index (χ0v) is 16.3. The molecule has 1 aliphatic rings. The molecule has 144 valence electrons. The predicted molar refractivity (Wildman–Crippen MR) is 101 cm³/mol. The molecule has 27 heavy (non-hydrogen) atoms. The second-order valence-electron chi connectivity index (χ2n) is 6.22. The molecule has 0 bridgehead atoms. The van der Waals surface area contributed by atoms with Gasteiger partial charge in [-0.3, -0.25) is 4.79 Å². The van der Waals surface area contributed by atoms with Crippen LogP contribution in [0, 0.1) is 5.92 Å². The van der Waals surface area contributed by atoms with Crippen molar-refractivity contribution in [3.8, 4) is 17.2 Å². The van der Waals surface area contributed by atoms with E-state index in [1.807, 2.05) is 13.8 Å². The fraction of sp³-hybridized carbons (Fsp3) is 0.350. The Balaban J connectivity index is 2.31. The van der Waals surface area contributed by atoms with E-state index in [0.717, 1.165) is 0 Å². The summed E-state index contributed by atoms with van der Waals surface area (Å²) >= 11 is 0. The van der Waals surface area contributed by atoms with Crippen molar-refractivity contribution >= 4 is 17.5 Å². The molecule has 2 rings (SSSR count). The van der Waals surface area contributed by atoms with Crippen LogP contribution in [0.4, 0.5) is 0 Å². The van der Waals surface area contributed by atoms with Gasteiger partial charge in [0.05, 0.1) is 26.9 Å². The molecule has 7 nitrogen and oxygen atoms in total. The highest BCUT2D eigenvalue weighted by atomic mass is 16.7. The largest absolute Gasteiger partial charge is 0.493 e. The summed E-state index contributed by atoms with van der Waals surface area (Å²) in [6.45, 7) is 5.56. The minimum atomic E-state index is -0.689. The summed E-state index contributed by atoms with van der Waals surface area (Å²) in [6.07, 6.45) is 3.13. The molecule has 0 saturated carbocycles. The van der Waals surface area contributed by atoms with Gasteiger partial charge in [0, 0.05) is 5.57 Å². The molecular formula is C20H23NO6. The van der Waals surface area contributed by atoms with E-state index < -0.39 is 5.97 Å². The number of rotatable bonds is 6. The Hall–Kier alpha value is -3.09. The fourth-order valence-corrected chi connectivity index (χ4v) is 2.58. The van der Waals surface area contributed by atoms with Crippen molar-refractivity contribution in [2.45, 2.75) is 20.8 Å². The highest BCUT2D eigenvalue weighted by Gasteiger charge is 2.21. The van der Waals surface area contributed by atoms with E-state index in [-0.39, 0.29) is 17.3 Å². The molecule has 0 amide bonds. The zero-order chi connectivity index (χ0) is 20.1. The summed E-state index contributed by atoms with van der Waals surface area (Å²) < 4.78 is 15.7. The molecule has 0 N–H and O–H groups in total. The molecule has 1 aromatic carbocycles. The van der Waals surface area contributed by atoms with Crippen LogP contribution in [-0.2, 0) is 9.63 Å². The summed E-state index contributed by atoms with van der Waals surface area (Å²) in [5.41, 5.74) is 1.86. The topological polar surface area (TPSA) is 83.4 Å². The third kappa shape index (κ3) is 4.36. The van der Waals surface area contributed by atoms with Crippen molar-refractivity contribution in [3.05, 3.63) is 41.0 Å². The Morgan fingerprint density at radius 2 is 1.59 bits per heavy atom. The molecule has 0 heterocycles. The van der Waals surface area contributed by atoms with E-state index in [4.69, 9.17) is 19.0 Å². The van der Waals surface area contributed by atoms with Crippen molar-refractivity contribution < 1.29 is 28.6 Å². The molecule has 0 unspecified atom stereocenters. The summed E-state index contributed by atoms with van der Waals surface area (Å²) in [5, 5.41) is 3.92. The molecule has 0 radical (unpaired) electrons. The number of ether oxygens (including phenoxy) is 3. The summed E-state index contributed by atoms with van der Waals surface area (Å²) in [5.74, 6) is 0.328. The van der Waals surface area contributed by atoms with E-state index in [2.05, 4.69) is 5.16 Å². The number of nitrogens with zero attached hydrogens (tertiary/aromatic N) is 1. The molecule has 0 fully saturated rings. The first-order chi connectivity index (χ1) is 12.8. The highest BCUT2D eigenvalue weighted by molar-refractivity contribution is 6.21. The van der Waals surface area contributed by atoms with Crippen molar-refractivity contribution in [1.29, 1.82) is 0 Å². The lowest BCUT2D eigenvalue weighted by Crippen LogP contribution is -2.16. The van der Waals surface area contributed by atoms with Gasteiger partial charge >= 0.3 is 5.97 Å². The van der Waals surface area contributed by atoms with Gasteiger partial charge < -0.3 is 19.0 Å². The quantitative estimate of drug-likeness (QED) is 0.432. The normalized spacial score (nSPS) is 15.4. The van der Waals surface area contributed by atoms with Gasteiger partial charge in [0.1, 0.15) is 5.71 Å². The first-order valence-corrected chi connectivity index (χ1v) is 8.36. The Labute approximate surface area is 158 Å². The van der Waals surface area contributed by atoms with E-state index in [9.17, 15) is 9.59 Å². The standard InChI is InChI=1S/C20H23NO6/c1-11(2)14-10-15(12(3)7-16(14)22)21-27-20(23)13-8-17(24-4)19(26-6)18(9-13)25-5/h7-11H,1-6H3. The number of ketones is 1. The number of methoxy groups -OCH3 is 3. The molecule has 1 aliphatic carbocycles. The zero-order valence-electron chi connectivity index (χ0n) is 16.3. The number of carbonyl (C=O) groups is 2. The van der Waals surface area contributed by atoms with Crippen molar-refractivity contribution in [1.82, 2.24) is 0 Å². The van der Waals surface area contributed by atoms with Gasteiger partial charge in [0.25, 0.3) is 0 Å². The molecule has 0 aliphatic heterocycles. The maximum absolute atomic E-state index is 12.4. The Kier molecular flexibility index (Phi) is 6.39. The van der Waals surface area contributed by atoms with E-state index in [0.29, 0.717) is 34.1 Å². The fourth-order valence-electron chi connectivity index (χ4n) is 2.58. The number of oxime groups is 1. The van der Waals surface area contributed by atoms with Crippen LogP contribution in [0.15, 0.2) is 40.6 Å². The average molecular weight is 373 g/mol. The van der Waals surface area contributed by atoms with Gasteiger partial charge in [-0.05, 0) is 42.7 Å². The van der Waals surface area contributed by atoms with Crippen LogP contribution < -0.4 is 14.2 Å². The molecule has 0 spiro atoms.